The molecule has 0 spiro atoms. The summed E-state index contributed by atoms with van der Waals surface area (Å²) in [6.07, 6.45) is 6.00. The maximum atomic E-state index is 11.4. The van der Waals surface area contributed by atoms with Gasteiger partial charge in [0.25, 0.3) is 0 Å². The number of carbonyl (C=O) groups is 1. The molecule has 1 atom stereocenters. The maximum Gasteiger partial charge on any atom is 1.00 e. The third-order valence-corrected chi connectivity index (χ3v) is 2.16. The molecule has 0 fully saturated rings. The second-order valence-corrected chi connectivity index (χ2v) is 3.57. The smallest absolute Gasteiger partial charge is 0.677 e. The van der Waals surface area contributed by atoms with Gasteiger partial charge in [-0.3, -0.25) is 4.79 Å². The fraction of sp³-hybridized carbons (Fsp3) is 0.727. The first-order valence-electron chi connectivity index (χ1n) is 5.51. The fourth-order valence-corrected chi connectivity index (χ4v) is 1.21. The summed E-state index contributed by atoms with van der Waals surface area (Å²) in [5.74, 6) is -0.0796. The zero-order chi connectivity index (χ0) is 11.5. The van der Waals surface area contributed by atoms with Crippen LogP contribution >= 0.6 is 0 Å². The zero-order valence-electron chi connectivity index (χ0n) is 10.3. The van der Waals surface area contributed by atoms with Gasteiger partial charge in [-0.05, 0) is 19.3 Å². The summed E-state index contributed by atoms with van der Waals surface area (Å²) in [5.41, 5.74) is 12.6. The van der Waals surface area contributed by atoms with E-state index in [1.807, 2.05) is 6.08 Å². The van der Waals surface area contributed by atoms with Gasteiger partial charge in [0, 0.05) is 6.54 Å². The molecule has 0 aliphatic heterocycles. The van der Waals surface area contributed by atoms with E-state index >= 15 is 0 Å². The van der Waals surface area contributed by atoms with Gasteiger partial charge in [-0.15, -0.1) is 6.58 Å². The van der Waals surface area contributed by atoms with E-state index in [0.29, 0.717) is 19.5 Å². The molecule has 4 nitrogen and oxygen atoms in total. The molecule has 0 radical (unpaired) electrons. The van der Waals surface area contributed by atoms with E-state index in [1.54, 1.807) is 0 Å². The van der Waals surface area contributed by atoms with Crippen molar-refractivity contribution >= 4 is 5.91 Å². The van der Waals surface area contributed by atoms with Crippen LogP contribution in [0.2, 0.25) is 0 Å². The van der Waals surface area contributed by atoms with E-state index in [2.05, 4.69) is 11.9 Å². The summed E-state index contributed by atoms with van der Waals surface area (Å²) < 4.78 is 0. The summed E-state index contributed by atoms with van der Waals surface area (Å²) in [6.45, 7) is 4.68. The molecule has 1 amide bonds. The average Bonchev–Trinajstić information content (AvgIpc) is 2.24. The number of rotatable bonds is 9. The van der Waals surface area contributed by atoms with Crippen LogP contribution in [0.25, 0.3) is 5.73 Å². The average molecular weight is 298 g/mol. The number of nitrogens with one attached hydrogen (secondary N) is 2. The van der Waals surface area contributed by atoms with Gasteiger partial charge in [0.15, 0.2) is 0 Å². The molecule has 0 aliphatic carbocycles. The van der Waals surface area contributed by atoms with Crippen LogP contribution in [0.15, 0.2) is 12.7 Å². The van der Waals surface area contributed by atoms with Crippen molar-refractivity contribution in [3.05, 3.63) is 18.4 Å². The molecule has 0 aliphatic rings. The Morgan fingerprint density at radius 3 is 2.69 bits per heavy atom. The zero-order valence-corrected chi connectivity index (χ0v) is 15.2. The van der Waals surface area contributed by atoms with Gasteiger partial charge in [-0.25, -0.2) is 0 Å². The molecule has 0 aromatic heterocycles. The molecule has 16 heavy (non-hydrogen) atoms. The number of hydrogen-bond donors (Lipinski definition) is 2. The van der Waals surface area contributed by atoms with Crippen LogP contribution in [0.1, 0.15) is 32.1 Å². The Hall–Kier alpha value is 0.935. The van der Waals surface area contributed by atoms with Crippen molar-refractivity contribution in [2.45, 2.75) is 38.1 Å². The van der Waals surface area contributed by atoms with E-state index in [9.17, 15) is 4.79 Å². The van der Waals surface area contributed by atoms with E-state index in [1.165, 1.54) is 0 Å². The Morgan fingerprint density at radius 1 is 1.44 bits per heavy atom. The Kier molecular flexibility index (Phi) is 16.9. The van der Waals surface area contributed by atoms with Gasteiger partial charge in [0.05, 0.1) is 6.04 Å². The third kappa shape index (κ3) is 11.4. The van der Waals surface area contributed by atoms with E-state index in [-0.39, 0.29) is 64.1 Å². The first-order valence-corrected chi connectivity index (χ1v) is 5.51. The van der Waals surface area contributed by atoms with Crippen LogP contribution in [0, 0.1) is 0 Å². The first-order chi connectivity index (χ1) is 7.22. The van der Waals surface area contributed by atoms with Crippen molar-refractivity contribution in [1.82, 2.24) is 5.32 Å². The molecule has 4 N–H and O–H groups in total. The van der Waals surface area contributed by atoms with Gasteiger partial charge in [-0.2, -0.15) is 6.54 Å². The van der Waals surface area contributed by atoms with Crippen LogP contribution < -0.4 is 69.2 Å². The minimum absolute atomic E-state index is 0. The van der Waals surface area contributed by atoms with Crippen LogP contribution in [-0.4, -0.2) is 25.0 Å². The van der Waals surface area contributed by atoms with Crippen molar-refractivity contribution < 1.29 is 63.0 Å². The summed E-state index contributed by atoms with van der Waals surface area (Å²) in [4.78, 5) is 11.4. The van der Waals surface area contributed by atoms with Crippen molar-refractivity contribution in [2.75, 3.05) is 13.1 Å². The maximum absolute atomic E-state index is 11.4. The quantitative estimate of drug-likeness (QED) is 0.406. The van der Waals surface area contributed by atoms with E-state index in [4.69, 9.17) is 11.5 Å². The minimum atomic E-state index is -0.416. The van der Waals surface area contributed by atoms with Crippen molar-refractivity contribution in [1.29, 1.82) is 0 Å². The first kappa shape index (κ1) is 19.3. The number of carbonyl (C=O) groups excluding carboxylic acids is 1. The minimum Gasteiger partial charge on any atom is -0.677 e. The molecule has 0 aromatic carbocycles. The number of allylic oxidation sites excluding steroid dienone is 1. The summed E-state index contributed by atoms with van der Waals surface area (Å²) >= 11 is 0. The second kappa shape index (κ2) is 14.0. The van der Waals surface area contributed by atoms with Gasteiger partial charge in [0.2, 0.25) is 5.91 Å². The molecule has 0 saturated heterocycles. The summed E-state index contributed by atoms with van der Waals surface area (Å²) in [5, 5.41) is 2.79. The molecule has 5 heteroatoms. The van der Waals surface area contributed by atoms with Crippen molar-refractivity contribution in [3.63, 3.8) is 0 Å². The molecule has 0 unspecified atom stereocenters. The topological polar surface area (TPSA) is 78.9 Å². The van der Waals surface area contributed by atoms with Crippen LogP contribution in [0.5, 0.6) is 0 Å². The van der Waals surface area contributed by atoms with Gasteiger partial charge >= 0.3 is 58.2 Å². The standard InChI is InChI=1S/C11H22N3O.Rb/c1-2-3-6-9-14-11(15)10(13)7-4-5-8-12;/h2,10,12H,1,3-9,13H2,(H,14,15);/q-1;+1/t10-;/m1./s1. The SMILES string of the molecule is C=CCCCNC(=O)[C@H](N)CCCC[NH-].[Rb+]. The number of nitrogens with two attached hydrogens (primary N) is 1. The Bertz CT molecular complexity index is 188. The van der Waals surface area contributed by atoms with Gasteiger partial charge < -0.3 is 16.8 Å². The number of unbranched alkanes of at least 4 members (excludes halogenated alkanes) is 2. The molecule has 0 heterocycles. The number of amides is 1. The predicted molar refractivity (Wildman–Crippen MR) is 63.5 cm³/mol. The van der Waals surface area contributed by atoms with E-state index in [0.717, 1.165) is 25.7 Å². The Labute approximate surface area is 147 Å². The molecule has 88 valence electrons. The van der Waals surface area contributed by atoms with Gasteiger partial charge in [-0.1, -0.05) is 18.9 Å². The second-order valence-electron chi connectivity index (χ2n) is 3.57. The van der Waals surface area contributed by atoms with Crippen molar-refractivity contribution in [3.8, 4) is 0 Å². The summed E-state index contributed by atoms with van der Waals surface area (Å²) in [6, 6.07) is -0.416. The molecular weight excluding hydrogens is 276 g/mol. The van der Waals surface area contributed by atoms with Crippen molar-refractivity contribution in [2.24, 2.45) is 5.73 Å². The predicted octanol–water partition coefficient (Wildman–Crippen LogP) is -1.38. The summed E-state index contributed by atoms with van der Waals surface area (Å²) in [7, 11) is 0. The van der Waals surface area contributed by atoms with Crippen LogP contribution in [0.4, 0.5) is 0 Å². The molecule has 0 saturated carbocycles. The molecule has 0 bridgehead atoms. The Morgan fingerprint density at radius 2 is 2.12 bits per heavy atom. The van der Waals surface area contributed by atoms with Gasteiger partial charge in [0.1, 0.15) is 0 Å². The van der Waals surface area contributed by atoms with Crippen LogP contribution in [0.3, 0.4) is 0 Å². The normalized spacial score (nSPS) is 11.4. The third-order valence-electron chi connectivity index (χ3n) is 2.16. The van der Waals surface area contributed by atoms with E-state index < -0.39 is 6.04 Å². The number of hydrogen-bond acceptors (Lipinski definition) is 2. The molecular formula is C11H22N3ORb. The largest absolute Gasteiger partial charge is 1.00 e. The molecule has 0 aromatic rings. The monoisotopic (exact) mass is 297 g/mol. The molecule has 0 rings (SSSR count). The Balaban J connectivity index is 0. The fourth-order valence-electron chi connectivity index (χ4n) is 1.21. The van der Waals surface area contributed by atoms with Crippen LogP contribution in [-0.2, 0) is 4.79 Å².